The van der Waals surface area contributed by atoms with E-state index in [9.17, 15) is 14.4 Å². The molecular weight excluding hydrogens is 398 g/mol. The Morgan fingerprint density at radius 2 is 1.94 bits per heavy atom. The topological polar surface area (TPSA) is 97.0 Å². The van der Waals surface area contributed by atoms with Crippen molar-refractivity contribution in [2.24, 2.45) is 11.8 Å². The summed E-state index contributed by atoms with van der Waals surface area (Å²) in [6, 6.07) is -0.603. The highest BCUT2D eigenvalue weighted by molar-refractivity contribution is 5.90. The molecule has 2 rings (SSSR count). The third-order valence-corrected chi connectivity index (χ3v) is 5.81. The zero-order chi connectivity index (χ0) is 22.6. The van der Waals surface area contributed by atoms with Gasteiger partial charge in [-0.1, -0.05) is 26.0 Å². The van der Waals surface area contributed by atoms with Crippen molar-refractivity contribution in [3.8, 4) is 0 Å². The predicted octanol–water partition coefficient (Wildman–Crippen LogP) is 2.69. The minimum absolute atomic E-state index is 0.0110. The van der Waals surface area contributed by atoms with E-state index in [0.717, 1.165) is 44.9 Å². The lowest BCUT2D eigenvalue weighted by Crippen LogP contribution is -2.52. The molecule has 2 aliphatic heterocycles. The van der Waals surface area contributed by atoms with Gasteiger partial charge in [-0.3, -0.25) is 14.4 Å². The molecule has 0 aromatic carbocycles. The van der Waals surface area contributed by atoms with Gasteiger partial charge in [-0.05, 0) is 50.9 Å². The molecular formula is C23H39N3O5. The van der Waals surface area contributed by atoms with Gasteiger partial charge in [0.25, 0.3) is 0 Å². The SMILES string of the molecule is CC(C)[C@@H]1NC(=O)[C@@H](CC(=O)NOC2CCCCO2)CCC/C=C/CCCN(C)C1=O. The predicted molar refractivity (Wildman–Crippen MR) is 118 cm³/mol. The van der Waals surface area contributed by atoms with Gasteiger partial charge in [0.05, 0.1) is 0 Å². The fraction of sp³-hybridized carbons (Fsp3) is 0.783. The Labute approximate surface area is 186 Å². The number of hydroxylamine groups is 1. The molecule has 8 heteroatoms. The Bertz CT molecular complexity index is 616. The van der Waals surface area contributed by atoms with Crippen molar-refractivity contribution >= 4 is 17.7 Å². The Balaban J connectivity index is 2.01. The highest BCUT2D eigenvalue weighted by Crippen LogP contribution is 2.18. The van der Waals surface area contributed by atoms with Gasteiger partial charge in [-0.2, -0.15) is 0 Å². The molecule has 0 spiro atoms. The van der Waals surface area contributed by atoms with E-state index in [1.807, 2.05) is 13.8 Å². The zero-order valence-corrected chi connectivity index (χ0v) is 19.2. The molecule has 0 aliphatic carbocycles. The van der Waals surface area contributed by atoms with Crippen LogP contribution in [0.2, 0.25) is 0 Å². The molecule has 0 aromatic rings. The van der Waals surface area contributed by atoms with Crippen LogP contribution in [0.25, 0.3) is 0 Å². The fourth-order valence-electron chi connectivity index (χ4n) is 3.82. The molecule has 0 radical (unpaired) electrons. The Morgan fingerprint density at radius 3 is 2.61 bits per heavy atom. The van der Waals surface area contributed by atoms with Crippen molar-refractivity contribution in [2.75, 3.05) is 20.2 Å². The first kappa shape index (κ1) is 25.3. The van der Waals surface area contributed by atoms with E-state index >= 15 is 0 Å². The first-order chi connectivity index (χ1) is 14.9. The number of carbonyl (C=O) groups excluding carboxylic acids is 3. The number of carbonyl (C=O) groups is 3. The average Bonchev–Trinajstić information content (AvgIpc) is 2.76. The minimum Gasteiger partial charge on any atom is -0.350 e. The van der Waals surface area contributed by atoms with Gasteiger partial charge in [0, 0.05) is 39.0 Å². The molecule has 1 saturated heterocycles. The first-order valence-electron chi connectivity index (χ1n) is 11.6. The average molecular weight is 438 g/mol. The summed E-state index contributed by atoms with van der Waals surface area (Å²) in [6.45, 7) is 5.11. The van der Waals surface area contributed by atoms with Crippen LogP contribution >= 0.6 is 0 Å². The summed E-state index contributed by atoms with van der Waals surface area (Å²) in [7, 11) is 1.77. The molecule has 1 fully saturated rings. The Morgan fingerprint density at radius 1 is 1.19 bits per heavy atom. The summed E-state index contributed by atoms with van der Waals surface area (Å²) in [4.78, 5) is 45.4. The second-order valence-corrected chi connectivity index (χ2v) is 8.87. The normalized spacial score (nSPS) is 28.0. The van der Waals surface area contributed by atoms with Crippen LogP contribution in [-0.4, -0.2) is 55.2 Å². The van der Waals surface area contributed by atoms with Crippen LogP contribution < -0.4 is 10.8 Å². The first-order valence-corrected chi connectivity index (χ1v) is 11.6. The van der Waals surface area contributed by atoms with Crippen LogP contribution in [0.4, 0.5) is 0 Å². The molecule has 3 atom stereocenters. The van der Waals surface area contributed by atoms with Crippen LogP contribution in [0.3, 0.4) is 0 Å². The molecule has 2 aliphatic rings. The maximum absolute atomic E-state index is 13.0. The maximum Gasteiger partial charge on any atom is 0.245 e. The molecule has 3 amide bonds. The number of hydrogen-bond donors (Lipinski definition) is 2. The lowest BCUT2D eigenvalue weighted by Gasteiger charge is -2.29. The van der Waals surface area contributed by atoms with Crippen molar-refractivity contribution in [1.29, 1.82) is 0 Å². The minimum atomic E-state index is -0.603. The summed E-state index contributed by atoms with van der Waals surface area (Å²) >= 11 is 0. The lowest BCUT2D eigenvalue weighted by atomic mass is 9.94. The fourth-order valence-corrected chi connectivity index (χ4v) is 3.82. The number of amides is 3. The van der Waals surface area contributed by atoms with E-state index in [1.165, 1.54) is 0 Å². The molecule has 31 heavy (non-hydrogen) atoms. The quantitative estimate of drug-likeness (QED) is 0.509. The molecule has 8 nitrogen and oxygen atoms in total. The van der Waals surface area contributed by atoms with Crippen molar-refractivity contribution in [2.45, 2.75) is 84.0 Å². The van der Waals surface area contributed by atoms with Gasteiger partial charge in [0.1, 0.15) is 6.04 Å². The van der Waals surface area contributed by atoms with E-state index in [4.69, 9.17) is 9.57 Å². The second-order valence-electron chi connectivity index (χ2n) is 8.87. The molecule has 1 unspecified atom stereocenters. The van der Waals surface area contributed by atoms with Crippen molar-refractivity contribution in [3.05, 3.63) is 12.2 Å². The summed E-state index contributed by atoms with van der Waals surface area (Å²) in [5.74, 6) is -1.27. The van der Waals surface area contributed by atoms with Crippen LogP contribution in [0, 0.1) is 11.8 Å². The van der Waals surface area contributed by atoms with Crippen LogP contribution in [0.1, 0.15) is 71.6 Å². The number of nitrogens with one attached hydrogen (secondary N) is 2. The number of ether oxygens (including phenoxy) is 1. The molecule has 0 bridgehead atoms. The summed E-state index contributed by atoms with van der Waals surface area (Å²) < 4.78 is 5.45. The van der Waals surface area contributed by atoms with E-state index in [2.05, 4.69) is 22.9 Å². The van der Waals surface area contributed by atoms with Crippen LogP contribution in [0.5, 0.6) is 0 Å². The van der Waals surface area contributed by atoms with Gasteiger partial charge in [-0.25, -0.2) is 10.3 Å². The van der Waals surface area contributed by atoms with Crippen LogP contribution in [-0.2, 0) is 24.0 Å². The van der Waals surface area contributed by atoms with E-state index in [0.29, 0.717) is 19.6 Å². The molecule has 2 N–H and O–H groups in total. The molecule has 176 valence electrons. The number of allylic oxidation sites excluding steroid dienone is 2. The largest absolute Gasteiger partial charge is 0.350 e. The van der Waals surface area contributed by atoms with Gasteiger partial charge < -0.3 is 15.0 Å². The summed E-state index contributed by atoms with van der Waals surface area (Å²) in [6.07, 6.45) is 10.6. The van der Waals surface area contributed by atoms with Crippen molar-refractivity contribution < 1.29 is 24.0 Å². The Hall–Kier alpha value is -1.93. The molecule has 0 aromatic heterocycles. The number of likely N-dealkylation sites (N-methyl/N-ethyl adjacent to an activating group) is 1. The molecule has 0 saturated carbocycles. The summed E-state index contributed by atoms with van der Waals surface area (Å²) in [5.41, 5.74) is 2.44. The number of hydrogen-bond acceptors (Lipinski definition) is 5. The third-order valence-electron chi connectivity index (χ3n) is 5.81. The van der Waals surface area contributed by atoms with E-state index in [1.54, 1.807) is 11.9 Å². The maximum atomic E-state index is 13.0. The highest BCUT2D eigenvalue weighted by atomic mass is 16.8. The van der Waals surface area contributed by atoms with Gasteiger partial charge >= 0.3 is 0 Å². The lowest BCUT2D eigenvalue weighted by molar-refractivity contribution is -0.200. The monoisotopic (exact) mass is 437 g/mol. The number of rotatable bonds is 5. The van der Waals surface area contributed by atoms with E-state index in [-0.39, 0.29) is 30.1 Å². The number of nitrogens with zero attached hydrogens (tertiary/aromatic N) is 1. The van der Waals surface area contributed by atoms with Crippen molar-refractivity contribution in [1.82, 2.24) is 15.7 Å². The van der Waals surface area contributed by atoms with Crippen LogP contribution in [0.15, 0.2) is 12.2 Å². The van der Waals surface area contributed by atoms with Gasteiger partial charge in [-0.15, -0.1) is 0 Å². The third kappa shape index (κ3) is 8.99. The zero-order valence-electron chi connectivity index (χ0n) is 19.2. The second kappa shape index (κ2) is 13.5. The smallest absolute Gasteiger partial charge is 0.245 e. The van der Waals surface area contributed by atoms with E-state index < -0.39 is 18.2 Å². The Kier molecular flexibility index (Phi) is 11.0. The molecule has 2 heterocycles. The standard InChI is InChI=1S/C23H39N3O5/c1-17(2)21-23(29)26(3)14-10-7-5-4-6-8-12-18(22(28)24-21)16-19(27)25-31-20-13-9-11-15-30-20/h4-5,17-18,20-21H,6-16H2,1-3H3,(H,24,28)(H,25,27)/b5-4+/t18-,20?,21+/m1/s1. The van der Waals surface area contributed by atoms with Crippen molar-refractivity contribution in [3.63, 3.8) is 0 Å². The van der Waals surface area contributed by atoms with Gasteiger partial charge in [0.15, 0.2) is 6.29 Å². The highest BCUT2D eigenvalue weighted by Gasteiger charge is 2.30. The summed E-state index contributed by atoms with van der Waals surface area (Å²) in [5, 5.41) is 2.92. The van der Waals surface area contributed by atoms with Gasteiger partial charge in [0.2, 0.25) is 17.7 Å².